The predicted octanol–water partition coefficient (Wildman–Crippen LogP) is 2.04. The van der Waals surface area contributed by atoms with Crippen LogP contribution in [-0.2, 0) is 11.3 Å². The molecule has 0 fully saturated rings. The quantitative estimate of drug-likeness (QED) is 0.896. The van der Waals surface area contributed by atoms with Crippen molar-refractivity contribution in [2.45, 2.75) is 26.4 Å². The topological polar surface area (TPSA) is 66.6 Å². The monoisotopic (exact) mass is 248 g/mol. The Hall–Kier alpha value is -1.88. The fraction of sp³-hybridized carbons (Fsp3) is 0.385. The Morgan fingerprint density at radius 1 is 1.56 bits per heavy atom. The molecule has 5 heteroatoms. The largest absolute Gasteiger partial charge is 0.480 e. The molecule has 0 spiro atoms. The summed E-state index contributed by atoms with van der Waals surface area (Å²) in [6.07, 6.45) is 0. The molecule has 0 bridgehead atoms. The van der Waals surface area contributed by atoms with Crippen LogP contribution in [0.1, 0.15) is 18.4 Å². The highest BCUT2D eigenvalue weighted by Crippen LogP contribution is 2.18. The highest BCUT2D eigenvalue weighted by Gasteiger charge is 2.17. The maximum Gasteiger partial charge on any atom is 0.320 e. The summed E-state index contributed by atoms with van der Waals surface area (Å²) < 4.78 is 5.39. The van der Waals surface area contributed by atoms with Gasteiger partial charge < -0.3 is 9.52 Å². The normalized spacial score (nSPS) is 13.1. The number of fused-ring (bicyclic) bond motifs is 1. The standard InChI is InChI=1S/C13H16N2O3/c1-8(13(16)17)15(3)7-10-4-5-12-11(6-10)14-9(2)18-12/h4-6,8H,7H2,1-3H3,(H,16,17). The Balaban J connectivity index is 2.18. The summed E-state index contributed by atoms with van der Waals surface area (Å²) >= 11 is 0. The van der Waals surface area contributed by atoms with E-state index in [1.807, 2.05) is 18.2 Å². The molecule has 1 unspecified atom stereocenters. The van der Waals surface area contributed by atoms with Gasteiger partial charge in [0.05, 0.1) is 0 Å². The number of hydrogen-bond donors (Lipinski definition) is 1. The summed E-state index contributed by atoms with van der Waals surface area (Å²) in [6.45, 7) is 4.04. The lowest BCUT2D eigenvalue weighted by atomic mass is 10.2. The van der Waals surface area contributed by atoms with Gasteiger partial charge in [0.1, 0.15) is 11.6 Å². The van der Waals surface area contributed by atoms with Gasteiger partial charge in [-0.25, -0.2) is 4.98 Å². The number of benzene rings is 1. The van der Waals surface area contributed by atoms with Gasteiger partial charge in [-0.2, -0.15) is 0 Å². The first-order valence-corrected chi connectivity index (χ1v) is 5.76. The fourth-order valence-electron chi connectivity index (χ4n) is 1.80. The molecule has 1 N–H and O–H groups in total. The van der Waals surface area contributed by atoms with E-state index in [1.54, 1.807) is 25.8 Å². The number of carbonyl (C=O) groups is 1. The number of hydrogen-bond acceptors (Lipinski definition) is 4. The summed E-state index contributed by atoms with van der Waals surface area (Å²) in [7, 11) is 1.79. The molecule has 18 heavy (non-hydrogen) atoms. The predicted molar refractivity (Wildman–Crippen MR) is 67.3 cm³/mol. The van der Waals surface area contributed by atoms with E-state index in [2.05, 4.69) is 4.98 Å². The highest BCUT2D eigenvalue weighted by atomic mass is 16.4. The van der Waals surface area contributed by atoms with Gasteiger partial charge in [-0.1, -0.05) is 6.07 Å². The molecule has 1 aromatic heterocycles. The lowest BCUT2D eigenvalue weighted by Crippen LogP contribution is -2.35. The molecule has 0 saturated heterocycles. The molecule has 0 amide bonds. The van der Waals surface area contributed by atoms with Crippen LogP contribution in [0.25, 0.3) is 11.1 Å². The molecule has 0 aliphatic heterocycles. The van der Waals surface area contributed by atoms with Gasteiger partial charge in [0, 0.05) is 13.5 Å². The highest BCUT2D eigenvalue weighted by molar-refractivity contribution is 5.74. The van der Waals surface area contributed by atoms with Gasteiger partial charge in [0.25, 0.3) is 0 Å². The molecule has 2 rings (SSSR count). The van der Waals surface area contributed by atoms with Gasteiger partial charge in [-0.05, 0) is 31.7 Å². The van der Waals surface area contributed by atoms with Crippen molar-refractivity contribution >= 4 is 17.1 Å². The van der Waals surface area contributed by atoms with Crippen LogP contribution < -0.4 is 0 Å². The van der Waals surface area contributed by atoms with Crippen molar-refractivity contribution in [2.75, 3.05) is 7.05 Å². The van der Waals surface area contributed by atoms with E-state index in [0.717, 1.165) is 16.7 Å². The molecular formula is C13H16N2O3. The SMILES string of the molecule is Cc1nc2cc(CN(C)C(C)C(=O)O)ccc2o1. The molecule has 96 valence electrons. The van der Waals surface area contributed by atoms with Gasteiger partial charge in [-0.3, -0.25) is 9.69 Å². The third-order valence-electron chi connectivity index (χ3n) is 3.01. The van der Waals surface area contributed by atoms with Crippen molar-refractivity contribution in [3.8, 4) is 0 Å². The van der Waals surface area contributed by atoms with Crippen LogP contribution >= 0.6 is 0 Å². The molecule has 1 heterocycles. The van der Waals surface area contributed by atoms with Crippen LogP contribution in [-0.4, -0.2) is 34.0 Å². The second-order valence-electron chi connectivity index (χ2n) is 4.46. The van der Waals surface area contributed by atoms with E-state index in [1.165, 1.54) is 0 Å². The van der Waals surface area contributed by atoms with Crippen LogP contribution in [0.4, 0.5) is 0 Å². The third kappa shape index (κ3) is 2.51. The maximum atomic E-state index is 10.9. The van der Waals surface area contributed by atoms with E-state index >= 15 is 0 Å². The number of carboxylic acids is 1. The lowest BCUT2D eigenvalue weighted by Gasteiger charge is -2.20. The van der Waals surface area contributed by atoms with E-state index in [9.17, 15) is 4.79 Å². The first-order chi connectivity index (χ1) is 8.47. The Labute approximate surface area is 105 Å². The summed E-state index contributed by atoms with van der Waals surface area (Å²) in [5, 5.41) is 8.94. The van der Waals surface area contributed by atoms with E-state index in [4.69, 9.17) is 9.52 Å². The number of nitrogens with zero attached hydrogens (tertiary/aromatic N) is 2. The smallest absolute Gasteiger partial charge is 0.320 e. The van der Waals surface area contributed by atoms with Crippen molar-refractivity contribution < 1.29 is 14.3 Å². The number of rotatable bonds is 4. The zero-order valence-electron chi connectivity index (χ0n) is 10.7. The molecule has 1 aromatic carbocycles. The zero-order chi connectivity index (χ0) is 13.3. The Morgan fingerprint density at radius 3 is 2.94 bits per heavy atom. The van der Waals surface area contributed by atoms with Crippen LogP contribution in [0.5, 0.6) is 0 Å². The third-order valence-corrected chi connectivity index (χ3v) is 3.01. The van der Waals surface area contributed by atoms with Crippen molar-refractivity contribution in [1.29, 1.82) is 0 Å². The molecule has 0 saturated carbocycles. The molecule has 2 aromatic rings. The summed E-state index contributed by atoms with van der Waals surface area (Å²) in [5.74, 6) is -0.190. The van der Waals surface area contributed by atoms with Gasteiger partial charge in [-0.15, -0.1) is 0 Å². The van der Waals surface area contributed by atoms with E-state index < -0.39 is 12.0 Å². The number of carboxylic acid groups (broad SMARTS) is 1. The molecule has 5 nitrogen and oxygen atoms in total. The second kappa shape index (κ2) is 4.78. The summed E-state index contributed by atoms with van der Waals surface area (Å²) in [5.41, 5.74) is 2.58. The average Bonchev–Trinajstić information content (AvgIpc) is 2.67. The van der Waals surface area contributed by atoms with Crippen LogP contribution in [0.3, 0.4) is 0 Å². The van der Waals surface area contributed by atoms with E-state index in [0.29, 0.717) is 12.4 Å². The summed E-state index contributed by atoms with van der Waals surface area (Å²) in [4.78, 5) is 16.9. The minimum atomic E-state index is -0.823. The van der Waals surface area contributed by atoms with Crippen molar-refractivity contribution in [2.24, 2.45) is 0 Å². The van der Waals surface area contributed by atoms with Gasteiger partial charge in [0.15, 0.2) is 11.5 Å². The van der Waals surface area contributed by atoms with Gasteiger partial charge in [0.2, 0.25) is 0 Å². The number of aliphatic carboxylic acids is 1. The number of aromatic nitrogens is 1. The minimum absolute atomic E-state index is 0.514. The average molecular weight is 248 g/mol. The van der Waals surface area contributed by atoms with Crippen LogP contribution in [0, 0.1) is 6.92 Å². The van der Waals surface area contributed by atoms with Crippen LogP contribution in [0.15, 0.2) is 22.6 Å². The van der Waals surface area contributed by atoms with Crippen molar-refractivity contribution in [1.82, 2.24) is 9.88 Å². The van der Waals surface area contributed by atoms with E-state index in [-0.39, 0.29) is 0 Å². The maximum absolute atomic E-state index is 10.9. The molecule has 0 aliphatic rings. The first-order valence-electron chi connectivity index (χ1n) is 5.76. The number of oxazole rings is 1. The molecule has 0 aliphatic carbocycles. The number of aryl methyl sites for hydroxylation is 1. The Morgan fingerprint density at radius 2 is 2.28 bits per heavy atom. The molecular weight excluding hydrogens is 232 g/mol. The summed E-state index contributed by atoms with van der Waals surface area (Å²) in [6, 6.07) is 5.21. The molecule has 1 atom stereocenters. The first kappa shape index (κ1) is 12.6. The zero-order valence-corrected chi connectivity index (χ0v) is 10.7. The van der Waals surface area contributed by atoms with Crippen molar-refractivity contribution in [3.05, 3.63) is 29.7 Å². The Kier molecular flexibility index (Phi) is 3.34. The van der Waals surface area contributed by atoms with Crippen molar-refractivity contribution in [3.63, 3.8) is 0 Å². The number of likely N-dealkylation sites (N-methyl/N-ethyl adjacent to an activating group) is 1. The van der Waals surface area contributed by atoms with Gasteiger partial charge >= 0.3 is 5.97 Å². The second-order valence-corrected chi connectivity index (χ2v) is 4.46. The fourth-order valence-corrected chi connectivity index (χ4v) is 1.80. The van der Waals surface area contributed by atoms with Crippen LogP contribution in [0.2, 0.25) is 0 Å². The lowest BCUT2D eigenvalue weighted by molar-refractivity contribution is -0.142. The minimum Gasteiger partial charge on any atom is -0.480 e. The molecule has 0 radical (unpaired) electrons. The Bertz CT molecular complexity index is 577.